The maximum Gasteiger partial charge on any atom is 0.303 e. The molecule has 1 aromatic rings. The van der Waals surface area contributed by atoms with Crippen molar-refractivity contribution in [2.45, 2.75) is 44.2 Å². The molecular formula is C11H15N3O2S. The van der Waals surface area contributed by atoms with Crippen molar-refractivity contribution >= 4 is 22.6 Å². The number of piperidine rings is 1. The Bertz CT molecular complexity index is 395. The second kappa shape index (κ2) is 4.25. The molecule has 0 aromatic carbocycles. The summed E-state index contributed by atoms with van der Waals surface area (Å²) in [5.74, 6) is -0.326. The number of carbonyl (C=O) groups is 1. The smallest absolute Gasteiger partial charge is 0.303 e. The topological polar surface area (TPSA) is 66.3 Å². The first-order chi connectivity index (χ1) is 8.24. The van der Waals surface area contributed by atoms with Crippen LogP contribution < -0.4 is 4.90 Å². The Morgan fingerprint density at radius 1 is 1.47 bits per heavy atom. The maximum absolute atomic E-state index is 10.8. The molecule has 17 heavy (non-hydrogen) atoms. The van der Waals surface area contributed by atoms with Gasteiger partial charge in [-0.2, -0.15) is 4.37 Å². The second-order valence-corrected chi connectivity index (χ2v) is 5.71. The van der Waals surface area contributed by atoms with Gasteiger partial charge in [0.2, 0.25) is 5.13 Å². The third-order valence-corrected chi connectivity index (χ3v) is 4.54. The van der Waals surface area contributed by atoms with Gasteiger partial charge in [-0.25, -0.2) is 4.98 Å². The number of aliphatic carboxylic acids is 1. The van der Waals surface area contributed by atoms with E-state index in [1.54, 1.807) is 6.33 Å². The highest BCUT2D eigenvalue weighted by atomic mass is 32.1. The molecule has 0 saturated carbocycles. The van der Waals surface area contributed by atoms with Crippen molar-refractivity contribution in [3.05, 3.63) is 6.33 Å². The number of rotatable bonds is 3. The third-order valence-electron chi connectivity index (χ3n) is 3.86. The zero-order valence-electron chi connectivity index (χ0n) is 9.45. The summed E-state index contributed by atoms with van der Waals surface area (Å²) >= 11 is 1.44. The summed E-state index contributed by atoms with van der Waals surface area (Å²) in [6.07, 6.45) is 6.23. The number of hydrogen-bond acceptors (Lipinski definition) is 5. The number of fused-ring (bicyclic) bond motifs is 2. The van der Waals surface area contributed by atoms with Gasteiger partial charge in [0.05, 0.1) is 0 Å². The van der Waals surface area contributed by atoms with Gasteiger partial charge in [-0.15, -0.1) is 0 Å². The Kier molecular flexibility index (Phi) is 2.74. The molecule has 0 radical (unpaired) electrons. The molecule has 2 unspecified atom stereocenters. The standard InChI is InChI=1S/C11H15N3O2S/c15-10(16)5-7-3-8-1-2-9(4-7)14(8)11-12-6-13-17-11/h6-9H,1-5H2,(H,15,16). The average Bonchev–Trinajstić information content (AvgIpc) is 2.84. The van der Waals surface area contributed by atoms with Crippen molar-refractivity contribution < 1.29 is 9.90 Å². The van der Waals surface area contributed by atoms with Crippen molar-refractivity contribution in [3.63, 3.8) is 0 Å². The number of anilines is 1. The van der Waals surface area contributed by atoms with Gasteiger partial charge >= 0.3 is 5.97 Å². The lowest BCUT2D eigenvalue weighted by atomic mass is 9.88. The highest BCUT2D eigenvalue weighted by Crippen LogP contribution is 2.42. The molecular weight excluding hydrogens is 238 g/mol. The first kappa shape index (κ1) is 11.0. The van der Waals surface area contributed by atoms with E-state index in [0.717, 1.165) is 18.0 Å². The SMILES string of the molecule is O=C(O)CC1CC2CCC(C1)N2c1ncns1. The van der Waals surface area contributed by atoms with Crippen LogP contribution in [0.2, 0.25) is 0 Å². The second-order valence-electron chi connectivity index (χ2n) is 4.95. The van der Waals surface area contributed by atoms with Crippen LogP contribution >= 0.6 is 11.5 Å². The zero-order valence-corrected chi connectivity index (χ0v) is 10.3. The zero-order chi connectivity index (χ0) is 11.8. The lowest BCUT2D eigenvalue weighted by Gasteiger charge is -2.38. The molecule has 2 atom stereocenters. The average molecular weight is 253 g/mol. The summed E-state index contributed by atoms with van der Waals surface area (Å²) in [6, 6.07) is 0.956. The molecule has 3 heterocycles. The minimum absolute atomic E-state index is 0.316. The Morgan fingerprint density at radius 3 is 2.71 bits per heavy atom. The molecule has 1 aromatic heterocycles. The van der Waals surface area contributed by atoms with Crippen LogP contribution in [0.1, 0.15) is 32.1 Å². The molecule has 0 aliphatic carbocycles. The largest absolute Gasteiger partial charge is 0.481 e. The number of carboxylic acid groups (broad SMARTS) is 1. The lowest BCUT2D eigenvalue weighted by molar-refractivity contribution is -0.138. The molecule has 6 heteroatoms. The van der Waals surface area contributed by atoms with Gasteiger partial charge in [0, 0.05) is 30.0 Å². The van der Waals surface area contributed by atoms with E-state index >= 15 is 0 Å². The monoisotopic (exact) mass is 253 g/mol. The predicted molar refractivity (Wildman–Crippen MR) is 64.2 cm³/mol. The molecule has 1 N–H and O–H groups in total. The fourth-order valence-corrected chi connectivity index (χ4v) is 3.97. The number of aromatic nitrogens is 2. The summed E-state index contributed by atoms with van der Waals surface area (Å²) in [4.78, 5) is 17.4. The molecule has 2 aliphatic heterocycles. The first-order valence-electron chi connectivity index (χ1n) is 6.01. The van der Waals surface area contributed by atoms with E-state index in [-0.39, 0.29) is 0 Å². The van der Waals surface area contributed by atoms with E-state index < -0.39 is 5.97 Å². The van der Waals surface area contributed by atoms with Crippen molar-refractivity contribution in [2.75, 3.05) is 4.90 Å². The third kappa shape index (κ3) is 2.01. The number of carboxylic acids is 1. The fraction of sp³-hybridized carbons (Fsp3) is 0.727. The lowest BCUT2D eigenvalue weighted by Crippen LogP contribution is -2.43. The Labute approximate surface area is 104 Å². The highest BCUT2D eigenvalue weighted by molar-refractivity contribution is 7.09. The van der Waals surface area contributed by atoms with E-state index in [9.17, 15) is 4.79 Å². The van der Waals surface area contributed by atoms with Gasteiger partial charge in [-0.1, -0.05) is 0 Å². The quantitative estimate of drug-likeness (QED) is 0.889. The number of hydrogen-bond donors (Lipinski definition) is 1. The van der Waals surface area contributed by atoms with Crippen LogP contribution in [0.15, 0.2) is 6.33 Å². The molecule has 0 spiro atoms. The Morgan fingerprint density at radius 2 is 2.18 bits per heavy atom. The molecule has 2 fully saturated rings. The Balaban J connectivity index is 1.74. The van der Waals surface area contributed by atoms with E-state index in [1.807, 2.05) is 0 Å². The molecule has 3 rings (SSSR count). The molecule has 92 valence electrons. The molecule has 2 saturated heterocycles. The van der Waals surface area contributed by atoms with E-state index in [2.05, 4.69) is 14.3 Å². The van der Waals surface area contributed by atoms with Crippen LogP contribution in [0, 0.1) is 5.92 Å². The summed E-state index contributed by atoms with van der Waals surface area (Å²) in [5, 5.41) is 9.88. The van der Waals surface area contributed by atoms with Gasteiger partial charge in [-0.3, -0.25) is 4.79 Å². The Hall–Kier alpha value is -1.17. The van der Waals surface area contributed by atoms with Gasteiger partial charge in [-0.05, 0) is 31.6 Å². The van der Waals surface area contributed by atoms with E-state index in [0.29, 0.717) is 24.4 Å². The summed E-state index contributed by atoms with van der Waals surface area (Å²) in [5.41, 5.74) is 0. The predicted octanol–water partition coefficient (Wildman–Crippen LogP) is 1.76. The molecule has 5 nitrogen and oxygen atoms in total. The summed E-state index contributed by atoms with van der Waals surface area (Å²) in [6.45, 7) is 0. The van der Waals surface area contributed by atoms with Gasteiger partial charge in [0.1, 0.15) is 6.33 Å². The van der Waals surface area contributed by atoms with Crippen molar-refractivity contribution in [1.82, 2.24) is 9.36 Å². The highest BCUT2D eigenvalue weighted by Gasteiger charge is 2.42. The van der Waals surface area contributed by atoms with Gasteiger partial charge in [0.25, 0.3) is 0 Å². The van der Waals surface area contributed by atoms with Crippen LogP contribution in [-0.4, -0.2) is 32.5 Å². The molecule has 0 amide bonds. The van der Waals surface area contributed by atoms with Gasteiger partial charge < -0.3 is 10.0 Å². The van der Waals surface area contributed by atoms with E-state index in [1.165, 1.54) is 24.4 Å². The number of nitrogens with zero attached hydrogens (tertiary/aromatic N) is 3. The fourth-order valence-electron chi connectivity index (χ4n) is 3.30. The van der Waals surface area contributed by atoms with Crippen LogP contribution in [0.25, 0.3) is 0 Å². The normalized spacial score (nSPS) is 31.8. The van der Waals surface area contributed by atoms with Crippen molar-refractivity contribution in [3.8, 4) is 0 Å². The van der Waals surface area contributed by atoms with E-state index in [4.69, 9.17) is 5.11 Å². The minimum atomic E-state index is -0.668. The molecule has 2 aliphatic rings. The van der Waals surface area contributed by atoms with Crippen LogP contribution in [0.5, 0.6) is 0 Å². The van der Waals surface area contributed by atoms with Crippen LogP contribution in [0.4, 0.5) is 5.13 Å². The first-order valence-corrected chi connectivity index (χ1v) is 6.78. The van der Waals surface area contributed by atoms with Crippen molar-refractivity contribution in [2.24, 2.45) is 5.92 Å². The molecule has 2 bridgehead atoms. The minimum Gasteiger partial charge on any atom is -0.481 e. The van der Waals surface area contributed by atoms with Crippen LogP contribution in [-0.2, 0) is 4.79 Å². The van der Waals surface area contributed by atoms with Crippen molar-refractivity contribution in [1.29, 1.82) is 0 Å². The van der Waals surface area contributed by atoms with Gasteiger partial charge in [0.15, 0.2) is 0 Å². The summed E-state index contributed by atoms with van der Waals surface area (Å²) in [7, 11) is 0. The summed E-state index contributed by atoms with van der Waals surface area (Å²) < 4.78 is 4.06. The maximum atomic E-state index is 10.8. The van der Waals surface area contributed by atoms with Crippen LogP contribution in [0.3, 0.4) is 0 Å².